The smallest absolute Gasteiger partial charge is 0.242 e. The molecule has 0 amide bonds. The molecule has 0 fully saturated rings. The van der Waals surface area contributed by atoms with Crippen molar-refractivity contribution < 1.29 is 8.42 Å². The van der Waals surface area contributed by atoms with Crippen LogP contribution in [0.2, 0.25) is 5.02 Å². The fourth-order valence-corrected chi connectivity index (χ4v) is 3.81. The fourth-order valence-electron chi connectivity index (χ4n) is 1.75. The molecule has 2 aromatic carbocycles. The first-order chi connectivity index (χ1) is 9.94. The molecular formula is C14H15ClN2O2S2. The van der Waals surface area contributed by atoms with E-state index in [0.29, 0.717) is 10.8 Å². The Balaban J connectivity index is 2.17. The van der Waals surface area contributed by atoms with Crippen LogP contribution < -0.4 is 10.5 Å². The Hall–Kier alpha value is -1.21. The normalized spacial score (nSPS) is 11.5. The van der Waals surface area contributed by atoms with E-state index in [-0.39, 0.29) is 10.6 Å². The number of nitrogens with two attached hydrogens (primary N) is 1. The highest BCUT2D eigenvalue weighted by Gasteiger charge is 2.15. The molecule has 0 unspecified atom stereocenters. The summed E-state index contributed by atoms with van der Waals surface area (Å²) in [6.45, 7) is 0. The van der Waals surface area contributed by atoms with Crippen molar-refractivity contribution in [2.75, 3.05) is 12.8 Å². The van der Waals surface area contributed by atoms with Gasteiger partial charge in [-0.2, -0.15) is 0 Å². The van der Waals surface area contributed by atoms with E-state index < -0.39 is 10.0 Å². The quantitative estimate of drug-likeness (QED) is 0.647. The zero-order chi connectivity index (χ0) is 15.5. The van der Waals surface area contributed by atoms with Gasteiger partial charge in [-0.3, -0.25) is 0 Å². The zero-order valence-corrected chi connectivity index (χ0v) is 13.7. The highest BCUT2D eigenvalue weighted by molar-refractivity contribution is 7.98. The predicted octanol–water partition coefficient (Wildman–Crippen LogP) is 3.12. The van der Waals surface area contributed by atoms with E-state index >= 15 is 0 Å². The zero-order valence-electron chi connectivity index (χ0n) is 11.3. The lowest BCUT2D eigenvalue weighted by molar-refractivity contribution is 0.588. The first kappa shape index (κ1) is 16.2. The Morgan fingerprint density at radius 2 is 1.95 bits per heavy atom. The number of hydrogen-bond acceptors (Lipinski definition) is 4. The van der Waals surface area contributed by atoms with E-state index in [2.05, 4.69) is 4.72 Å². The van der Waals surface area contributed by atoms with Crippen molar-refractivity contribution in [3.63, 3.8) is 0 Å². The van der Waals surface area contributed by atoms with E-state index in [9.17, 15) is 8.42 Å². The van der Waals surface area contributed by atoms with Crippen LogP contribution in [0.15, 0.2) is 52.3 Å². The molecule has 112 valence electrons. The van der Waals surface area contributed by atoms with E-state index in [4.69, 9.17) is 17.3 Å². The molecule has 0 aliphatic rings. The number of benzene rings is 2. The lowest BCUT2D eigenvalue weighted by Gasteiger charge is -2.09. The van der Waals surface area contributed by atoms with Crippen LogP contribution in [0.1, 0.15) is 5.56 Å². The Bertz CT molecular complexity index is 748. The van der Waals surface area contributed by atoms with Crippen molar-refractivity contribution in [1.82, 2.24) is 4.72 Å². The third-order valence-electron chi connectivity index (χ3n) is 2.89. The summed E-state index contributed by atoms with van der Waals surface area (Å²) in [5.41, 5.74) is 7.08. The molecule has 0 saturated carbocycles. The summed E-state index contributed by atoms with van der Waals surface area (Å²) < 4.78 is 25.7. The summed E-state index contributed by atoms with van der Waals surface area (Å²) in [6.07, 6.45) is 0. The van der Waals surface area contributed by atoms with Gasteiger partial charge in [-0.05, 0) is 36.9 Å². The van der Waals surface area contributed by atoms with Crippen LogP contribution in [-0.4, -0.2) is 15.5 Å². The molecule has 0 radical (unpaired) electrons. The van der Waals surface area contributed by atoms with Crippen LogP contribution in [-0.2, 0) is 15.8 Å². The molecule has 0 aliphatic carbocycles. The average molecular weight is 343 g/mol. The standard InChI is InChI=1S/C14H15ClN2O2S2/c1-17-21(18,19)14-7-6-11(8-13(14)16)20-9-10-4-2-3-5-12(10)15/h2-8,17H,9,16H2,1H3. The first-order valence-electron chi connectivity index (χ1n) is 6.13. The van der Waals surface area contributed by atoms with Crippen molar-refractivity contribution in [3.05, 3.63) is 53.1 Å². The molecule has 0 atom stereocenters. The minimum atomic E-state index is -3.52. The van der Waals surface area contributed by atoms with Gasteiger partial charge >= 0.3 is 0 Å². The molecule has 0 aromatic heterocycles. The molecule has 0 saturated heterocycles. The Morgan fingerprint density at radius 1 is 1.24 bits per heavy atom. The van der Waals surface area contributed by atoms with Crippen LogP contribution in [0.4, 0.5) is 5.69 Å². The minimum absolute atomic E-state index is 0.0899. The van der Waals surface area contributed by atoms with Gasteiger partial charge < -0.3 is 5.73 Å². The van der Waals surface area contributed by atoms with Crippen molar-refractivity contribution in [3.8, 4) is 0 Å². The Kier molecular flexibility index (Phi) is 5.16. The van der Waals surface area contributed by atoms with Crippen molar-refractivity contribution in [1.29, 1.82) is 0 Å². The van der Waals surface area contributed by atoms with E-state index in [0.717, 1.165) is 10.5 Å². The third kappa shape index (κ3) is 3.91. The third-order valence-corrected chi connectivity index (χ3v) is 5.79. The number of hydrogen-bond donors (Lipinski definition) is 2. The number of sulfonamides is 1. The van der Waals surface area contributed by atoms with Gasteiger partial charge in [-0.1, -0.05) is 29.8 Å². The molecule has 21 heavy (non-hydrogen) atoms. The highest BCUT2D eigenvalue weighted by atomic mass is 35.5. The molecule has 3 N–H and O–H groups in total. The molecule has 7 heteroatoms. The summed E-state index contributed by atoms with van der Waals surface area (Å²) in [6, 6.07) is 12.5. The maximum absolute atomic E-state index is 11.7. The number of nitrogens with one attached hydrogen (secondary N) is 1. The summed E-state index contributed by atoms with van der Waals surface area (Å²) >= 11 is 7.65. The SMILES string of the molecule is CNS(=O)(=O)c1ccc(SCc2ccccc2Cl)cc1N. The lowest BCUT2D eigenvalue weighted by atomic mass is 10.2. The van der Waals surface area contributed by atoms with Crippen LogP contribution >= 0.6 is 23.4 Å². The maximum atomic E-state index is 11.7. The second kappa shape index (κ2) is 6.70. The second-order valence-electron chi connectivity index (χ2n) is 4.29. The Morgan fingerprint density at radius 3 is 2.57 bits per heavy atom. The van der Waals surface area contributed by atoms with Crippen molar-refractivity contribution >= 4 is 39.1 Å². The number of nitrogen functional groups attached to an aromatic ring is 1. The molecule has 0 spiro atoms. The van der Waals surface area contributed by atoms with Gasteiger partial charge in [0.25, 0.3) is 0 Å². The summed E-state index contributed by atoms with van der Waals surface area (Å²) in [5, 5.41) is 0.715. The van der Waals surface area contributed by atoms with Crippen LogP contribution in [0, 0.1) is 0 Å². The fraction of sp³-hybridized carbons (Fsp3) is 0.143. The van der Waals surface area contributed by atoms with Gasteiger partial charge in [0.15, 0.2) is 0 Å². The first-order valence-corrected chi connectivity index (χ1v) is 8.98. The van der Waals surface area contributed by atoms with E-state index in [1.807, 2.05) is 24.3 Å². The minimum Gasteiger partial charge on any atom is -0.398 e. The van der Waals surface area contributed by atoms with Gasteiger partial charge in [-0.15, -0.1) is 11.8 Å². The van der Waals surface area contributed by atoms with Crippen molar-refractivity contribution in [2.45, 2.75) is 15.5 Å². The molecule has 0 aliphatic heterocycles. The monoisotopic (exact) mass is 342 g/mol. The van der Waals surface area contributed by atoms with Crippen molar-refractivity contribution in [2.24, 2.45) is 0 Å². The average Bonchev–Trinajstić information content (AvgIpc) is 2.46. The largest absolute Gasteiger partial charge is 0.398 e. The van der Waals surface area contributed by atoms with Gasteiger partial charge in [0.2, 0.25) is 10.0 Å². The number of anilines is 1. The maximum Gasteiger partial charge on any atom is 0.242 e. The van der Waals surface area contributed by atoms with Gasteiger partial charge in [0, 0.05) is 15.7 Å². The number of halogens is 1. The highest BCUT2D eigenvalue weighted by Crippen LogP contribution is 2.30. The summed E-state index contributed by atoms with van der Waals surface area (Å²) in [7, 11) is -2.17. The Labute approximate surface area is 133 Å². The van der Waals surface area contributed by atoms with E-state index in [1.54, 1.807) is 23.9 Å². The summed E-state index contributed by atoms with van der Waals surface area (Å²) in [4.78, 5) is 0.981. The number of thioether (sulfide) groups is 1. The topological polar surface area (TPSA) is 72.2 Å². The molecular weight excluding hydrogens is 328 g/mol. The van der Waals surface area contributed by atoms with Gasteiger partial charge in [0.05, 0.1) is 5.69 Å². The van der Waals surface area contributed by atoms with E-state index in [1.165, 1.54) is 13.1 Å². The molecule has 2 aromatic rings. The molecule has 0 heterocycles. The number of rotatable bonds is 5. The molecule has 4 nitrogen and oxygen atoms in total. The van der Waals surface area contributed by atoms with Gasteiger partial charge in [-0.25, -0.2) is 13.1 Å². The lowest BCUT2D eigenvalue weighted by Crippen LogP contribution is -2.19. The van der Waals surface area contributed by atoms with Crippen LogP contribution in [0.5, 0.6) is 0 Å². The predicted molar refractivity (Wildman–Crippen MR) is 88.1 cm³/mol. The second-order valence-corrected chi connectivity index (χ2v) is 7.60. The van der Waals surface area contributed by atoms with Crippen LogP contribution in [0.25, 0.3) is 0 Å². The summed E-state index contributed by atoms with van der Waals surface area (Å²) in [5.74, 6) is 0.692. The van der Waals surface area contributed by atoms with Gasteiger partial charge in [0.1, 0.15) is 4.90 Å². The molecule has 2 rings (SSSR count). The van der Waals surface area contributed by atoms with Crippen LogP contribution in [0.3, 0.4) is 0 Å². The molecule has 0 bridgehead atoms.